The number of fused-ring (bicyclic) bond motifs is 1. The maximum atomic E-state index is 14.1. The lowest BCUT2D eigenvalue weighted by Crippen LogP contribution is -2.53. The second-order valence-corrected chi connectivity index (χ2v) is 8.27. The first-order valence-corrected chi connectivity index (χ1v) is 10.8. The molecular formula is C24H22F3N5O. The number of anilines is 1. The number of halogens is 3. The monoisotopic (exact) mass is 453 g/mol. The van der Waals surface area contributed by atoms with Crippen molar-refractivity contribution in [3.63, 3.8) is 0 Å². The van der Waals surface area contributed by atoms with E-state index in [4.69, 9.17) is 0 Å². The Kier molecular flexibility index (Phi) is 5.39. The maximum Gasteiger partial charge on any atom is 0.234 e. The molecule has 33 heavy (non-hydrogen) atoms. The van der Waals surface area contributed by atoms with Crippen LogP contribution in [0.15, 0.2) is 59.7 Å². The number of aliphatic imine (C=N–C) groups is 1. The van der Waals surface area contributed by atoms with E-state index >= 15 is 0 Å². The third kappa shape index (κ3) is 3.88. The van der Waals surface area contributed by atoms with Crippen molar-refractivity contribution in [3.8, 4) is 0 Å². The molecule has 2 unspecified atom stereocenters. The van der Waals surface area contributed by atoms with E-state index in [0.717, 1.165) is 17.8 Å². The lowest BCUT2D eigenvalue weighted by atomic mass is 9.86. The summed E-state index contributed by atoms with van der Waals surface area (Å²) in [5, 5.41) is 4.32. The molecule has 3 aromatic rings. The van der Waals surface area contributed by atoms with E-state index in [1.165, 1.54) is 18.2 Å². The fraction of sp³-hybridized carbons (Fsp3) is 0.292. The van der Waals surface area contributed by atoms with E-state index < -0.39 is 23.6 Å². The molecule has 2 atom stereocenters. The van der Waals surface area contributed by atoms with Crippen molar-refractivity contribution < 1.29 is 18.0 Å². The zero-order chi connectivity index (χ0) is 23.1. The van der Waals surface area contributed by atoms with Crippen molar-refractivity contribution in [2.45, 2.75) is 13.0 Å². The predicted octanol–water partition coefficient (Wildman–Crippen LogP) is 3.96. The standard InChI is InChI=1S/C24H22F3N5O/c1-15-22(24(33)31-12-10-30(11-13-31)18-5-3-17(25)4-6-18)23(32-21(29-15)8-9-28-32)16-2-7-19(26)20(27)14-16/h2-9,14,22-23H,10-13H2,1H3. The maximum absolute atomic E-state index is 14.1. The fourth-order valence-corrected chi connectivity index (χ4v) is 4.61. The normalized spacial score (nSPS) is 20.4. The van der Waals surface area contributed by atoms with Crippen LogP contribution in [0, 0.1) is 23.4 Å². The van der Waals surface area contributed by atoms with Crippen molar-refractivity contribution in [2.75, 3.05) is 31.1 Å². The quantitative estimate of drug-likeness (QED) is 0.603. The highest BCUT2D eigenvalue weighted by atomic mass is 19.2. The highest BCUT2D eigenvalue weighted by molar-refractivity contribution is 6.05. The summed E-state index contributed by atoms with van der Waals surface area (Å²) in [6, 6.07) is 11.1. The van der Waals surface area contributed by atoms with E-state index in [1.54, 1.807) is 40.9 Å². The van der Waals surface area contributed by atoms with Crippen molar-refractivity contribution in [2.24, 2.45) is 10.9 Å². The van der Waals surface area contributed by atoms with E-state index in [1.807, 2.05) is 0 Å². The Morgan fingerprint density at radius 2 is 1.67 bits per heavy atom. The Balaban J connectivity index is 1.41. The summed E-state index contributed by atoms with van der Waals surface area (Å²) in [6.07, 6.45) is 1.58. The number of amides is 1. The molecule has 0 radical (unpaired) electrons. The van der Waals surface area contributed by atoms with Gasteiger partial charge in [-0.3, -0.25) is 4.79 Å². The SMILES string of the molecule is CC1=Nc2ccnn2C(c2ccc(F)c(F)c2)C1C(=O)N1CCN(c2ccc(F)cc2)CC1. The van der Waals surface area contributed by atoms with Gasteiger partial charge in [-0.2, -0.15) is 5.10 Å². The molecular weight excluding hydrogens is 431 g/mol. The average molecular weight is 453 g/mol. The average Bonchev–Trinajstić information content (AvgIpc) is 3.28. The van der Waals surface area contributed by atoms with Crippen LogP contribution in [0.2, 0.25) is 0 Å². The van der Waals surface area contributed by atoms with Crippen LogP contribution in [0.5, 0.6) is 0 Å². The number of carbonyl (C=O) groups is 1. The molecule has 1 aromatic heterocycles. The van der Waals surface area contributed by atoms with Crippen LogP contribution in [0.25, 0.3) is 0 Å². The molecule has 0 N–H and O–H groups in total. The summed E-state index contributed by atoms with van der Waals surface area (Å²) in [5.41, 5.74) is 1.96. The topological polar surface area (TPSA) is 53.7 Å². The van der Waals surface area contributed by atoms with Crippen LogP contribution in [-0.4, -0.2) is 52.5 Å². The summed E-state index contributed by atoms with van der Waals surface area (Å²) < 4.78 is 42.5. The number of hydrogen-bond donors (Lipinski definition) is 0. The molecule has 1 saturated heterocycles. The number of hydrogen-bond acceptors (Lipinski definition) is 4. The molecule has 170 valence electrons. The van der Waals surface area contributed by atoms with E-state index in [9.17, 15) is 18.0 Å². The van der Waals surface area contributed by atoms with Crippen molar-refractivity contribution >= 4 is 23.1 Å². The third-order valence-corrected chi connectivity index (χ3v) is 6.30. The number of aromatic nitrogens is 2. The molecule has 1 fully saturated rings. The molecule has 6 nitrogen and oxygen atoms in total. The molecule has 0 spiro atoms. The summed E-state index contributed by atoms with van der Waals surface area (Å²) in [5.74, 6) is -2.47. The number of carbonyl (C=O) groups excluding carboxylic acids is 1. The van der Waals surface area contributed by atoms with Gasteiger partial charge >= 0.3 is 0 Å². The van der Waals surface area contributed by atoms with Gasteiger partial charge in [0.2, 0.25) is 5.91 Å². The molecule has 0 bridgehead atoms. The van der Waals surface area contributed by atoms with Gasteiger partial charge in [0.25, 0.3) is 0 Å². The number of benzene rings is 2. The first-order chi connectivity index (χ1) is 15.9. The van der Waals surface area contributed by atoms with Gasteiger partial charge in [0.15, 0.2) is 17.5 Å². The second kappa shape index (κ2) is 8.38. The van der Waals surface area contributed by atoms with Gasteiger partial charge in [0.1, 0.15) is 11.7 Å². The molecule has 0 saturated carbocycles. The second-order valence-electron chi connectivity index (χ2n) is 8.27. The first-order valence-electron chi connectivity index (χ1n) is 10.8. The summed E-state index contributed by atoms with van der Waals surface area (Å²) in [6.45, 7) is 3.94. The van der Waals surface area contributed by atoms with Crippen LogP contribution in [0.4, 0.5) is 24.7 Å². The smallest absolute Gasteiger partial charge is 0.234 e. The number of rotatable bonds is 3. The number of nitrogens with zero attached hydrogens (tertiary/aromatic N) is 5. The van der Waals surface area contributed by atoms with Crippen LogP contribution in [-0.2, 0) is 4.79 Å². The molecule has 0 aliphatic carbocycles. The summed E-state index contributed by atoms with van der Waals surface area (Å²) in [7, 11) is 0. The van der Waals surface area contributed by atoms with E-state index in [0.29, 0.717) is 43.3 Å². The largest absolute Gasteiger partial charge is 0.368 e. The molecule has 3 heterocycles. The fourth-order valence-electron chi connectivity index (χ4n) is 4.61. The first kappa shape index (κ1) is 21.2. The third-order valence-electron chi connectivity index (χ3n) is 6.30. The Morgan fingerprint density at radius 3 is 2.36 bits per heavy atom. The predicted molar refractivity (Wildman–Crippen MR) is 118 cm³/mol. The lowest BCUT2D eigenvalue weighted by molar-refractivity contribution is -0.134. The Hall–Kier alpha value is -3.62. The Morgan fingerprint density at radius 1 is 0.939 bits per heavy atom. The summed E-state index contributed by atoms with van der Waals surface area (Å²) in [4.78, 5) is 22.1. The lowest BCUT2D eigenvalue weighted by Gasteiger charge is -2.40. The minimum atomic E-state index is -0.972. The van der Waals surface area contributed by atoms with Gasteiger partial charge in [-0.15, -0.1) is 0 Å². The van der Waals surface area contributed by atoms with Crippen molar-refractivity contribution in [3.05, 3.63) is 77.7 Å². The van der Waals surface area contributed by atoms with Gasteiger partial charge in [-0.25, -0.2) is 22.8 Å². The zero-order valence-corrected chi connectivity index (χ0v) is 18.0. The van der Waals surface area contributed by atoms with Crippen molar-refractivity contribution in [1.82, 2.24) is 14.7 Å². The Bertz CT molecular complexity index is 1220. The van der Waals surface area contributed by atoms with Crippen LogP contribution < -0.4 is 4.90 Å². The number of piperazine rings is 1. The highest BCUT2D eigenvalue weighted by Crippen LogP contribution is 2.37. The molecule has 2 aliphatic rings. The van der Waals surface area contributed by atoms with Crippen LogP contribution in [0.3, 0.4) is 0 Å². The van der Waals surface area contributed by atoms with Crippen molar-refractivity contribution in [1.29, 1.82) is 0 Å². The van der Waals surface area contributed by atoms with Gasteiger partial charge < -0.3 is 9.80 Å². The summed E-state index contributed by atoms with van der Waals surface area (Å²) >= 11 is 0. The molecule has 5 rings (SSSR count). The molecule has 2 aromatic carbocycles. The highest BCUT2D eigenvalue weighted by Gasteiger charge is 2.41. The zero-order valence-electron chi connectivity index (χ0n) is 18.0. The van der Waals surface area contributed by atoms with Gasteiger partial charge in [-0.1, -0.05) is 6.07 Å². The van der Waals surface area contributed by atoms with Gasteiger partial charge in [-0.05, 0) is 48.9 Å². The molecule has 2 aliphatic heterocycles. The minimum Gasteiger partial charge on any atom is -0.368 e. The minimum absolute atomic E-state index is 0.133. The van der Waals surface area contributed by atoms with E-state index in [-0.39, 0.29) is 11.7 Å². The molecule has 1 amide bonds. The van der Waals surface area contributed by atoms with Crippen LogP contribution in [0.1, 0.15) is 18.5 Å². The van der Waals surface area contributed by atoms with Gasteiger partial charge in [0, 0.05) is 43.6 Å². The molecule has 9 heteroatoms. The Labute approximate surface area is 188 Å². The van der Waals surface area contributed by atoms with Crippen LogP contribution >= 0.6 is 0 Å². The van der Waals surface area contributed by atoms with E-state index in [2.05, 4.69) is 15.0 Å². The van der Waals surface area contributed by atoms with Gasteiger partial charge in [0.05, 0.1) is 12.2 Å².